The maximum absolute atomic E-state index is 13.0. The molecule has 13 nitrogen and oxygen atoms in total. The number of carbonyl (C=O) groups is 5. The van der Waals surface area contributed by atoms with E-state index in [0.29, 0.717) is 5.56 Å². The predicted molar refractivity (Wildman–Crippen MR) is 134 cm³/mol. The first-order chi connectivity index (χ1) is 17.3. The molecule has 1 aromatic heterocycles. The number of carboxylic acids is 1. The van der Waals surface area contributed by atoms with Gasteiger partial charge >= 0.3 is 5.97 Å². The molecule has 2 rings (SSSR count). The zero-order valence-corrected chi connectivity index (χ0v) is 20.9. The Labute approximate surface area is 213 Å². The first kappa shape index (κ1) is 29.3. The van der Waals surface area contributed by atoms with Gasteiger partial charge in [0.05, 0.1) is 12.5 Å². The molecule has 0 radical (unpaired) electrons. The Morgan fingerprint density at radius 1 is 0.946 bits per heavy atom. The number of rotatable bonds is 13. The van der Waals surface area contributed by atoms with Crippen molar-refractivity contribution in [1.29, 1.82) is 0 Å². The lowest BCUT2D eigenvalue weighted by atomic mass is 10.0. The lowest BCUT2D eigenvalue weighted by Gasteiger charge is -2.27. The fraction of sp³-hybridized carbons (Fsp3) is 0.458. The van der Waals surface area contributed by atoms with Crippen molar-refractivity contribution in [2.24, 2.45) is 17.4 Å². The van der Waals surface area contributed by atoms with E-state index < -0.39 is 72.2 Å². The first-order valence-electron chi connectivity index (χ1n) is 11.7. The van der Waals surface area contributed by atoms with E-state index in [1.54, 1.807) is 26.1 Å². The zero-order valence-electron chi connectivity index (χ0n) is 20.9. The van der Waals surface area contributed by atoms with Crippen molar-refractivity contribution in [2.75, 3.05) is 0 Å². The van der Waals surface area contributed by atoms with Crippen molar-refractivity contribution in [1.82, 2.24) is 20.9 Å². The average molecular weight is 519 g/mol. The highest BCUT2D eigenvalue weighted by Gasteiger charge is 2.33. The number of para-hydroxylation sites is 1. The molecule has 0 spiro atoms. The van der Waals surface area contributed by atoms with Crippen LogP contribution in [-0.4, -0.2) is 75.1 Å². The fourth-order valence-corrected chi connectivity index (χ4v) is 3.67. The Morgan fingerprint density at radius 3 is 2.14 bits per heavy atom. The smallest absolute Gasteiger partial charge is 0.326 e. The van der Waals surface area contributed by atoms with Gasteiger partial charge in [-0.3, -0.25) is 19.2 Å². The van der Waals surface area contributed by atoms with E-state index in [9.17, 15) is 34.2 Å². The molecule has 5 unspecified atom stereocenters. The van der Waals surface area contributed by atoms with Gasteiger partial charge in [0.2, 0.25) is 23.6 Å². The van der Waals surface area contributed by atoms with E-state index in [-0.39, 0.29) is 6.42 Å². The second-order valence-corrected chi connectivity index (χ2v) is 9.19. The maximum Gasteiger partial charge on any atom is 0.326 e. The number of fused-ring (bicyclic) bond motifs is 1. The van der Waals surface area contributed by atoms with E-state index >= 15 is 0 Å². The van der Waals surface area contributed by atoms with Gasteiger partial charge in [0.15, 0.2) is 0 Å². The predicted octanol–water partition coefficient (Wildman–Crippen LogP) is -1.51. The van der Waals surface area contributed by atoms with Crippen molar-refractivity contribution in [3.63, 3.8) is 0 Å². The fourth-order valence-electron chi connectivity index (χ4n) is 3.67. The van der Waals surface area contributed by atoms with Gasteiger partial charge in [-0.2, -0.15) is 0 Å². The third-order valence-electron chi connectivity index (χ3n) is 5.82. The number of primary amides is 1. The number of carboxylic acid groups (broad SMARTS) is 1. The molecule has 13 heteroatoms. The number of nitrogens with two attached hydrogens (primary N) is 2. The number of hydrogen-bond acceptors (Lipinski definition) is 7. The molecule has 0 bridgehead atoms. The molecule has 202 valence electrons. The number of aromatic nitrogens is 1. The molecule has 0 saturated heterocycles. The molecule has 10 N–H and O–H groups in total. The monoisotopic (exact) mass is 518 g/mol. The molecule has 2 aromatic rings. The van der Waals surface area contributed by atoms with Crippen LogP contribution in [0.25, 0.3) is 10.9 Å². The highest BCUT2D eigenvalue weighted by Crippen LogP contribution is 2.19. The molecule has 5 atom stereocenters. The lowest BCUT2D eigenvalue weighted by molar-refractivity contribution is -0.142. The van der Waals surface area contributed by atoms with Gasteiger partial charge in [0, 0.05) is 23.5 Å². The highest BCUT2D eigenvalue weighted by molar-refractivity contribution is 5.96. The summed E-state index contributed by atoms with van der Waals surface area (Å²) in [4.78, 5) is 64.8. The molecular formula is C24H34N6O7. The number of aliphatic hydroxyl groups is 1. The third kappa shape index (κ3) is 8.02. The topological polar surface area (TPSA) is 230 Å². The number of aliphatic hydroxyl groups excluding tert-OH is 1. The van der Waals surface area contributed by atoms with Gasteiger partial charge in [-0.1, -0.05) is 32.0 Å². The van der Waals surface area contributed by atoms with Crippen molar-refractivity contribution in [3.05, 3.63) is 36.0 Å². The van der Waals surface area contributed by atoms with Gasteiger partial charge in [-0.15, -0.1) is 0 Å². The third-order valence-corrected chi connectivity index (χ3v) is 5.82. The summed E-state index contributed by atoms with van der Waals surface area (Å²) in [5, 5.41) is 27.2. The molecule has 4 amide bonds. The molecule has 0 aliphatic rings. The van der Waals surface area contributed by atoms with E-state index in [2.05, 4.69) is 20.9 Å². The average Bonchev–Trinajstić information content (AvgIpc) is 3.22. The van der Waals surface area contributed by atoms with Crippen LogP contribution in [-0.2, 0) is 30.4 Å². The van der Waals surface area contributed by atoms with Crippen LogP contribution >= 0.6 is 0 Å². The summed E-state index contributed by atoms with van der Waals surface area (Å²) in [5.74, 6) is -5.23. The number of nitrogens with one attached hydrogen (secondary N) is 4. The van der Waals surface area contributed by atoms with Crippen LogP contribution in [0.5, 0.6) is 0 Å². The molecule has 1 heterocycles. The number of benzene rings is 1. The van der Waals surface area contributed by atoms with Crippen molar-refractivity contribution in [2.45, 2.75) is 63.9 Å². The minimum absolute atomic E-state index is 0.0652. The highest BCUT2D eigenvalue weighted by atomic mass is 16.4. The number of hydrogen-bond donors (Lipinski definition) is 8. The summed E-state index contributed by atoms with van der Waals surface area (Å²) in [6.07, 6.45) is -0.203. The van der Waals surface area contributed by atoms with Crippen LogP contribution in [0.1, 0.15) is 32.8 Å². The number of carbonyl (C=O) groups excluding carboxylic acids is 4. The Morgan fingerprint density at radius 2 is 1.57 bits per heavy atom. The van der Waals surface area contributed by atoms with Gasteiger partial charge < -0.3 is 42.6 Å². The largest absolute Gasteiger partial charge is 0.480 e. The first-order valence-corrected chi connectivity index (χ1v) is 11.7. The molecule has 37 heavy (non-hydrogen) atoms. The Balaban J connectivity index is 2.18. The maximum atomic E-state index is 13.0. The lowest BCUT2D eigenvalue weighted by Crippen LogP contribution is -2.60. The minimum Gasteiger partial charge on any atom is -0.480 e. The van der Waals surface area contributed by atoms with Crippen molar-refractivity contribution >= 4 is 40.5 Å². The second-order valence-electron chi connectivity index (χ2n) is 9.19. The van der Waals surface area contributed by atoms with E-state index in [4.69, 9.17) is 11.5 Å². The summed E-state index contributed by atoms with van der Waals surface area (Å²) in [7, 11) is 0. The van der Waals surface area contributed by atoms with E-state index in [1.165, 1.54) is 6.92 Å². The zero-order chi connectivity index (χ0) is 27.9. The second kappa shape index (κ2) is 12.8. The summed E-state index contributed by atoms with van der Waals surface area (Å²) in [6.45, 7) is 4.57. The Kier molecular flexibility index (Phi) is 10.1. The van der Waals surface area contributed by atoms with Gasteiger partial charge in [-0.05, 0) is 24.5 Å². The van der Waals surface area contributed by atoms with Crippen LogP contribution in [0.15, 0.2) is 30.5 Å². The number of aliphatic carboxylic acids is 1. The summed E-state index contributed by atoms with van der Waals surface area (Å²) in [6, 6.07) is 1.92. The van der Waals surface area contributed by atoms with Gasteiger partial charge in [-0.25, -0.2) is 4.79 Å². The van der Waals surface area contributed by atoms with Crippen LogP contribution in [0, 0.1) is 5.92 Å². The Bertz CT molecular complexity index is 1150. The van der Waals surface area contributed by atoms with Crippen molar-refractivity contribution in [3.8, 4) is 0 Å². The summed E-state index contributed by atoms with van der Waals surface area (Å²) < 4.78 is 0. The SMILES string of the molecule is CC(C)C(NC(=O)C(N)C(C)O)C(=O)NC(CC(N)=O)C(=O)NC(Cc1c[nH]c2ccccc12)C(=O)O. The number of amides is 4. The molecular weight excluding hydrogens is 484 g/mol. The van der Waals surface area contributed by atoms with Crippen molar-refractivity contribution < 1.29 is 34.2 Å². The molecule has 0 aliphatic heterocycles. The minimum atomic E-state index is -1.50. The standard InChI is InChI=1S/C24H34N6O7/c1-11(2)20(30-22(34)19(26)12(3)31)23(35)28-16(9-18(25)32)21(33)29-17(24(36)37)8-13-10-27-15-7-5-4-6-14(13)15/h4-7,10-12,16-17,19-20,27,31H,8-9,26H2,1-3H3,(H2,25,32)(H,28,35)(H,29,33)(H,30,34)(H,36,37). The quantitative estimate of drug-likeness (QED) is 0.155. The summed E-state index contributed by atoms with van der Waals surface area (Å²) >= 11 is 0. The van der Waals surface area contributed by atoms with E-state index in [0.717, 1.165) is 10.9 Å². The Hall–Kier alpha value is -3.97. The van der Waals surface area contributed by atoms with Crippen LogP contribution in [0.2, 0.25) is 0 Å². The number of aromatic amines is 1. The molecule has 0 saturated carbocycles. The van der Waals surface area contributed by atoms with Crippen LogP contribution in [0.4, 0.5) is 0 Å². The summed E-state index contributed by atoms with van der Waals surface area (Å²) in [5.41, 5.74) is 12.3. The normalized spacial score (nSPS) is 15.3. The van der Waals surface area contributed by atoms with Crippen LogP contribution < -0.4 is 27.4 Å². The number of H-pyrrole nitrogens is 1. The molecule has 0 aliphatic carbocycles. The molecule has 0 fully saturated rings. The van der Waals surface area contributed by atoms with Gasteiger partial charge in [0.25, 0.3) is 0 Å². The van der Waals surface area contributed by atoms with Crippen LogP contribution in [0.3, 0.4) is 0 Å². The molecule has 1 aromatic carbocycles. The van der Waals surface area contributed by atoms with Gasteiger partial charge in [0.1, 0.15) is 24.2 Å². The van der Waals surface area contributed by atoms with E-state index in [1.807, 2.05) is 18.2 Å².